The zero-order valence-corrected chi connectivity index (χ0v) is 15.1. The molecule has 2 unspecified atom stereocenters. The first-order valence-corrected chi connectivity index (χ1v) is 8.93. The van der Waals surface area contributed by atoms with Gasteiger partial charge in [0.2, 0.25) is 0 Å². The minimum absolute atomic E-state index is 0.159. The maximum absolute atomic E-state index is 13.9. The van der Waals surface area contributed by atoms with Gasteiger partial charge in [0.15, 0.2) is 11.6 Å². The van der Waals surface area contributed by atoms with Crippen molar-refractivity contribution in [2.24, 2.45) is 11.3 Å². The lowest BCUT2D eigenvalue weighted by Gasteiger charge is -2.21. The highest BCUT2D eigenvalue weighted by Gasteiger charge is 2.60. The van der Waals surface area contributed by atoms with Gasteiger partial charge in [0.1, 0.15) is 11.6 Å². The molecule has 1 aliphatic carbocycles. The second kappa shape index (κ2) is 6.54. The molecule has 26 heavy (non-hydrogen) atoms. The van der Waals surface area contributed by atoms with E-state index in [1.807, 2.05) is 12.1 Å². The first-order chi connectivity index (χ1) is 12.5. The van der Waals surface area contributed by atoms with Crippen molar-refractivity contribution in [1.29, 1.82) is 0 Å². The molecule has 0 N–H and O–H groups in total. The first kappa shape index (κ1) is 17.3. The Labute approximate surface area is 152 Å². The maximum atomic E-state index is 13.9. The molecule has 1 saturated carbocycles. The monoisotopic (exact) mass is 359 g/mol. The number of ether oxygens (including phenoxy) is 2. The zero-order chi connectivity index (χ0) is 18.3. The SMILES string of the molecule is COc1ccc(CN2CC3CC3(COc3ccc(C)c(F)c3)C2)cc1F. The molecule has 2 aromatic carbocycles. The lowest BCUT2D eigenvalue weighted by atomic mass is 10.1. The molecule has 0 spiro atoms. The van der Waals surface area contributed by atoms with Crippen molar-refractivity contribution >= 4 is 0 Å². The van der Waals surface area contributed by atoms with E-state index < -0.39 is 0 Å². The Morgan fingerprint density at radius 3 is 2.73 bits per heavy atom. The van der Waals surface area contributed by atoms with Crippen LogP contribution in [0.1, 0.15) is 17.5 Å². The first-order valence-electron chi connectivity index (χ1n) is 8.93. The predicted octanol–water partition coefficient (Wildman–Crippen LogP) is 4.18. The summed E-state index contributed by atoms with van der Waals surface area (Å²) >= 11 is 0. The van der Waals surface area contributed by atoms with E-state index in [2.05, 4.69) is 4.90 Å². The zero-order valence-electron chi connectivity index (χ0n) is 15.1. The molecule has 0 bridgehead atoms. The van der Waals surface area contributed by atoms with E-state index in [1.54, 1.807) is 25.1 Å². The minimum Gasteiger partial charge on any atom is -0.494 e. The van der Waals surface area contributed by atoms with Crippen LogP contribution in [0.4, 0.5) is 8.78 Å². The molecule has 2 aromatic rings. The Morgan fingerprint density at radius 1 is 1.15 bits per heavy atom. The van der Waals surface area contributed by atoms with Gasteiger partial charge in [-0.05, 0) is 48.6 Å². The molecule has 0 aromatic heterocycles. The summed E-state index contributed by atoms with van der Waals surface area (Å²) < 4.78 is 38.4. The van der Waals surface area contributed by atoms with Crippen molar-refractivity contribution in [3.8, 4) is 11.5 Å². The molecule has 3 nitrogen and oxygen atoms in total. The van der Waals surface area contributed by atoms with Crippen LogP contribution in [0.5, 0.6) is 11.5 Å². The molecule has 5 heteroatoms. The van der Waals surface area contributed by atoms with Gasteiger partial charge in [0.05, 0.1) is 13.7 Å². The van der Waals surface area contributed by atoms with Crippen molar-refractivity contribution < 1.29 is 18.3 Å². The number of hydrogen-bond acceptors (Lipinski definition) is 3. The van der Waals surface area contributed by atoms with Gasteiger partial charge >= 0.3 is 0 Å². The number of likely N-dealkylation sites (tertiary alicyclic amines) is 1. The van der Waals surface area contributed by atoms with Crippen LogP contribution in [-0.4, -0.2) is 31.7 Å². The molecule has 2 aliphatic rings. The molecule has 0 radical (unpaired) electrons. The summed E-state index contributed by atoms with van der Waals surface area (Å²) in [7, 11) is 1.47. The number of benzene rings is 2. The maximum Gasteiger partial charge on any atom is 0.165 e. The van der Waals surface area contributed by atoms with Crippen LogP contribution in [0.3, 0.4) is 0 Å². The van der Waals surface area contributed by atoms with E-state index in [4.69, 9.17) is 9.47 Å². The van der Waals surface area contributed by atoms with E-state index in [1.165, 1.54) is 13.2 Å². The van der Waals surface area contributed by atoms with E-state index >= 15 is 0 Å². The molecule has 138 valence electrons. The summed E-state index contributed by atoms with van der Waals surface area (Å²) in [5.41, 5.74) is 1.73. The summed E-state index contributed by atoms with van der Waals surface area (Å²) in [6, 6.07) is 10.1. The molecule has 1 saturated heterocycles. The van der Waals surface area contributed by atoms with Gasteiger partial charge in [-0.25, -0.2) is 8.78 Å². The second-order valence-electron chi connectivity index (χ2n) is 7.60. The van der Waals surface area contributed by atoms with Crippen molar-refractivity contribution in [1.82, 2.24) is 4.90 Å². The smallest absolute Gasteiger partial charge is 0.165 e. The molecule has 1 aliphatic heterocycles. The van der Waals surface area contributed by atoms with Crippen molar-refractivity contribution in [2.45, 2.75) is 19.9 Å². The van der Waals surface area contributed by atoms with E-state index in [9.17, 15) is 8.78 Å². The van der Waals surface area contributed by atoms with E-state index in [0.717, 1.165) is 31.6 Å². The number of nitrogens with zero attached hydrogens (tertiary/aromatic N) is 1. The van der Waals surface area contributed by atoms with Crippen LogP contribution >= 0.6 is 0 Å². The molecular weight excluding hydrogens is 336 g/mol. The Bertz CT molecular complexity index is 826. The molecule has 1 heterocycles. The average Bonchev–Trinajstić information content (AvgIpc) is 3.17. The van der Waals surface area contributed by atoms with Crippen LogP contribution in [0, 0.1) is 29.9 Å². The van der Waals surface area contributed by atoms with Crippen molar-refractivity contribution in [2.75, 3.05) is 26.8 Å². The van der Waals surface area contributed by atoms with Gasteiger partial charge in [0, 0.05) is 31.1 Å². The van der Waals surface area contributed by atoms with Gasteiger partial charge in [-0.1, -0.05) is 12.1 Å². The van der Waals surface area contributed by atoms with E-state index in [0.29, 0.717) is 23.8 Å². The highest BCUT2D eigenvalue weighted by molar-refractivity contribution is 5.30. The van der Waals surface area contributed by atoms with Crippen LogP contribution in [0.25, 0.3) is 0 Å². The normalized spacial score (nSPS) is 24.4. The van der Waals surface area contributed by atoms with Gasteiger partial charge in [0.25, 0.3) is 0 Å². The third-order valence-corrected chi connectivity index (χ3v) is 5.67. The Kier molecular flexibility index (Phi) is 4.35. The molecule has 2 fully saturated rings. The third-order valence-electron chi connectivity index (χ3n) is 5.67. The highest BCUT2D eigenvalue weighted by atomic mass is 19.1. The van der Waals surface area contributed by atoms with Gasteiger partial charge in [-0.15, -0.1) is 0 Å². The number of piperidine rings is 1. The van der Waals surface area contributed by atoms with E-state index in [-0.39, 0.29) is 22.8 Å². The number of rotatable bonds is 6. The molecule has 0 amide bonds. The van der Waals surface area contributed by atoms with Crippen LogP contribution in [0.15, 0.2) is 36.4 Å². The van der Waals surface area contributed by atoms with Gasteiger partial charge < -0.3 is 9.47 Å². The number of aryl methyl sites for hydroxylation is 1. The standard InChI is InChI=1S/C21H23F2NO2/c1-14-3-5-17(8-18(14)22)26-13-21-9-16(21)11-24(12-21)10-15-4-6-20(25-2)19(23)7-15/h3-8,16H,9-13H2,1-2H3. The Hall–Kier alpha value is -2.14. The fourth-order valence-corrected chi connectivity index (χ4v) is 4.00. The lowest BCUT2D eigenvalue weighted by Crippen LogP contribution is -2.27. The summed E-state index contributed by atoms with van der Waals surface area (Å²) in [5.74, 6) is 0.911. The molecular formula is C21H23F2NO2. The summed E-state index contributed by atoms with van der Waals surface area (Å²) in [6.07, 6.45) is 1.15. The van der Waals surface area contributed by atoms with Crippen molar-refractivity contribution in [3.63, 3.8) is 0 Å². The highest BCUT2D eigenvalue weighted by Crippen LogP contribution is 2.58. The summed E-state index contributed by atoms with van der Waals surface area (Å²) in [4.78, 5) is 2.34. The van der Waals surface area contributed by atoms with Crippen LogP contribution in [-0.2, 0) is 6.54 Å². The quantitative estimate of drug-likeness (QED) is 0.772. The Balaban J connectivity index is 1.35. The van der Waals surface area contributed by atoms with Crippen LogP contribution < -0.4 is 9.47 Å². The second-order valence-corrected chi connectivity index (χ2v) is 7.60. The molecule has 2 atom stereocenters. The summed E-state index contributed by atoms with van der Waals surface area (Å²) in [5, 5.41) is 0. The lowest BCUT2D eigenvalue weighted by molar-refractivity contribution is 0.200. The Morgan fingerprint density at radius 2 is 2.00 bits per heavy atom. The third kappa shape index (κ3) is 3.28. The molecule has 4 rings (SSSR count). The topological polar surface area (TPSA) is 21.7 Å². The average molecular weight is 359 g/mol. The number of hydrogen-bond donors (Lipinski definition) is 0. The number of methoxy groups -OCH3 is 1. The largest absolute Gasteiger partial charge is 0.494 e. The fraction of sp³-hybridized carbons (Fsp3) is 0.429. The van der Waals surface area contributed by atoms with Gasteiger partial charge in [-0.2, -0.15) is 0 Å². The fourth-order valence-electron chi connectivity index (χ4n) is 4.00. The predicted molar refractivity (Wildman–Crippen MR) is 95.4 cm³/mol. The number of halogens is 2. The summed E-state index contributed by atoms with van der Waals surface area (Å²) in [6.45, 7) is 5.00. The van der Waals surface area contributed by atoms with Crippen molar-refractivity contribution in [3.05, 3.63) is 59.2 Å². The van der Waals surface area contributed by atoms with Gasteiger partial charge in [-0.3, -0.25) is 4.90 Å². The van der Waals surface area contributed by atoms with Crippen LogP contribution in [0.2, 0.25) is 0 Å². The minimum atomic E-state index is -0.325. The number of fused-ring (bicyclic) bond motifs is 1.